The molecule has 2 N–H and O–H groups in total. The maximum absolute atomic E-state index is 13.9. The van der Waals surface area contributed by atoms with Crippen molar-refractivity contribution >= 4 is 0 Å². The van der Waals surface area contributed by atoms with Crippen LogP contribution in [0.4, 0.5) is 8.78 Å². The molecule has 20 heavy (non-hydrogen) atoms. The maximum Gasteiger partial charge on any atom is 0.190 e. The minimum Gasteiger partial charge on any atom is -0.487 e. The zero-order chi connectivity index (χ0) is 15.1. The summed E-state index contributed by atoms with van der Waals surface area (Å²) in [5, 5.41) is 0. The molecule has 0 saturated heterocycles. The highest BCUT2D eigenvalue weighted by molar-refractivity contribution is 5.31. The second-order valence-corrected chi connectivity index (χ2v) is 5.47. The maximum atomic E-state index is 13.9. The van der Waals surface area contributed by atoms with Gasteiger partial charge in [0.1, 0.15) is 0 Å². The van der Waals surface area contributed by atoms with E-state index in [1.165, 1.54) is 12.1 Å². The van der Waals surface area contributed by atoms with E-state index >= 15 is 0 Å². The molecule has 2 unspecified atom stereocenters. The summed E-state index contributed by atoms with van der Waals surface area (Å²) in [5.41, 5.74) is 6.37. The summed E-state index contributed by atoms with van der Waals surface area (Å²) in [6.45, 7) is 6.36. The molecule has 0 aliphatic rings. The fourth-order valence-electron chi connectivity index (χ4n) is 2.12. The highest BCUT2D eigenvalue weighted by Crippen LogP contribution is 2.25. The van der Waals surface area contributed by atoms with Crippen LogP contribution in [-0.2, 0) is 6.42 Å². The van der Waals surface area contributed by atoms with Crippen molar-refractivity contribution in [3.05, 3.63) is 29.3 Å². The third-order valence-electron chi connectivity index (χ3n) is 3.37. The predicted octanol–water partition coefficient (Wildman–Crippen LogP) is 4.06. The van der Waals surface area contributed by atoms with Crippen molar-refractivity contribution in [2.75, 3.05) is 6.61 Å². The molecule has 0 heterocycles. The van der Waals surface area contributed by atoms with Gasteiger partial charge >= 0.3 is 0 Å². The number of hydrogen-bond acceptors (Lipinski definition) is 2. The minimum absolute atomic E-state index is 0.0786. The third kappa shape index (κ3) is 5.08. The molecule has 0 aromatic heterocycles. The summed E-state index contributed by atoms with van der Waals surface area (Å²) in [5.74, 6) is -1.28. The predicted molar refractivity (Wildman–Crippen MR) is 77.9 cm³/mol. The highest BCUT2D eigenvalue weighted by Gasteiger charge is 2.15. The molecule has 0 amide bonds. The number of rotatable bonds is 8. The summed E-state index contributed by atoms with van der Waals surface area (Å²) in [7, 11) is 0. The van der Waals surface area contributed by atoms with Crippen LogP contribution in [0, 0.1) is 17.6 Å². The van der Waals surface area contributed by atoms with Gasteiger partial charge in [0.05, 0.1) is 6.61 Å². The van der Waals surface area contributed by atoms with E-state index in [0.717, 1.165) is 19.3 Å². The third-order valence-corrected chi connectivity index (χ3v) is 3.37. The van der Waals surface area contributed by atoms with Crippen LogP contribution in [0.15, 0.2) is 12.1 Å². The quantitative estimate of drug-likeness (QED) is 0.781. The van der Waals surface area contributed by atoms with Gasteiger partial charge in [0.25, 0.3) is 0 Å². The van der Waals surface area contributed by atoms with Crippen molar-refractivity contribution in [2.24, 2.45) is 11.7 Å². The lowest BCUT2D eigenvalue weighted by Crippen LogP contribution is -2.21. The van der Waals surface area contributed by atoms with Gasteiger partial charge in [-0.2, -0.15) is 0 Å². The molecule has 1 aromatic carbocycles. The van der Waals surface area contributed by atoms with Crippen molar-refractivity contribution in [3.63, 3.8) is 0 Å². The van der Waals surface area contributed by atoms with E-state index in [4.69, 9.17) is 10.5 Å². The first kappa shape index (κ1) is 16.9. The normalized spacial score (nSPS) is 14.1. The Kier molecular flexibility index (Phi) is 6.93. The second-order valence-electron chi connectivity index (χ2n) is 5.47. The first-order chi connectivity index (χ1) is 9.47. The van der Waals surface area contributed by atoms with E-state index in [1.54, 1.807) is 0 Å². The molecule has 0 bridgehead atoms. The highest BCUT2D eigenvalue weighted by atomic mass is 19.1. The zero-order valence-electron chi connectivity index (χ0n) is 12.6. The SMILES string of the molecule is CCCC(C)COc1c(F)cc(CC(N)CC)cc1F. The second kappa shape index (κ2) is 8.20. The number of hydrogen-bond donors (Lipinski definition) is 1. The van der Waals surface area contributed by atoms with Gasteiger partial charge in [-0.1, -0.05) is 27.2 Å². The van der Waals surface area contributed by atoms with Crippen LogP contribution in [0.2, 0.25) is 0 Å². The van der Waals surface area contributed by atoms with E-state index in [0.29, 0.717) is 18.6 Å². The van der Waals surface area contributed by atoms with Crippen LogP contribution in [0.5, 0.6) is 5.75 Å². The molecule has 0 fully saturated rings. The van der Waals surface area contributed by atoms with Gasteiger partial charge in [0.2, 0.25) is 0 Å². The Bertz CT molecular complexity index is 400. The van der Waals surface area contributed by atoms with E-state index in [9.17, 15) is 8.78 Å². The average Bonchev–Trinajstić information content (AvgIpc) is 2.37. The first-order valence-corrected chi connectivity index (χ1v) is 7.34. The largest absolute Gasteiger partial charge is 0.487 e. The summed E-state index contributed by atoms with van der Waals surface area (Å²) < 4.78 is 33.1. The lowest BCUT2D eigenvalue weighted by molar-refractivity contribution is 0.231. The molecule has 114 valence electrons. The van der Waals surface area contributed by atoms with Crippen molar-refractivity contribution in [1.82, 2.24) is 0 Å². The summed E-state index contributed by atoms with van der Waals surface area (Å²) in [6.07, 6.45) is 3.25. The van der Waals surface area contributed by atoms with Crippen molar-refractivity contribution < 1.29 is 13.5 Å². The van der Waals surface area contributed by atoms with Crippen LogP contribution < -0.4 is 10.5 Å². The van der Waals surface area contributed by atoms with Crippen LogP contribution in [0.25, 0.3) is 0 Å². The van der Waals surface area contributed by atoms with Gasteiger partial charge in [-0.3, -0.25) is 0 Å². The summed E-state index contributed by atoms with van der Waals surface area (Å²) in [6, 6.07) is 2.56. The minimum atomic E-state index is -0.646. The number of benzene rings is 1. The van der Waals surface area contributed by atoms with Crippen LogP contribution in [-0.4, -0.2) is 12.6 Å². The number of halogens is 2. The number of ether oxygens (including phenoxy) is 1. The van der Waals surface area contributed by atoms with Crippen LogP contribution >= 0.6 is 0 Å². The molecule has 0 aliphatic heterocycles. The Balaban J connectivity index is 2.73. The summed E-state index contributed by atoms with van der Waals surface area (Å²) >= 11 is 0. The molecule has 2 atom stereocenters. The molecule has 4 heteroatoms. The Morgan fingerprint density at radius 3 is 2.30 bits per heavy atom. The molecule has 0 radical (unpaired) electrons. The molecule has 1 aromatic rings. The lowest BCUT2D eigenvalue weighted by atomic mass is 10.0. The molecule has 0 aliphatic carbocycles. The Morgan fingerprint density at radius 1 is 1.20 bits per heavy atom. The first-order valence-electron chi connectivity index (χ1n) is 7.34. The molecule has 2 nitrogen and oxygen atoms in total. The van der Waals surface area contributed by atoms with Gasteiger partial charge in [-0.05, 0) is 42.9 Å². The van der Waals surface area contributed by atoms with Crippen molar-refractivity contribution in [2.45, 2.75) is 52.5 Å². The fraction of sp³-hybridized carbons (Fsp3) is 0.625. The fourth-order valence-corrected chi connectivity index (χ4v) is 2.12. The molecular weight excluding hydrogens is 260 g/mol. The van der Waals surface area contributed by atoms with Gasteiger partial charge < -0.3 is 10.5 Å². The van der Waals surface area contributed by atoms with Crippen molar-refractivity contribution in [3.8, 4) is 5.75 Å². The zero-order valence-corrected chi connectivity index (χ0v) is 12.6. The summed E-state index contributed by atoms with van der Waals surface area (Å²) in [4.78, 5) is 0. The topological polar surface area (TPSA) is 35.2 Å². The lowest BCUT2D eigenvalue weighted by Gasteiger charge is -2.15. The van der Waals surface area contributed by atoms with Gasteiger partial charge in [0, 0.05) is 6.04 Å². The van der Waals surface area contributed by atoms with E-state index in [2.05, 4.69) is 6.92 Å². The van der Waals surface area contributed by atoms with Gasteiger partial charge in [-0.15, -0.1) is 0 Å². The Labute approximate surface area is 120 Å². The van der Waals surface area contributed by atoms with Crippen LogP contribution in [0.1, 0.15) is 45.6 Å². The molecule has 0 saturated carbocycles. The standard InChI is InChI=1S/C16H25F2NO/c1-4-6-11(3)10-20-16-14(17)8-12(9-15(16)18)7-13(19)5-2/h8-9,11,13H,4-7,10,19H2,1-3H3. The molecular formula is C16H25F2NO. The monoisotopic (exact) mass is 285 g/mol. The smallest absolute Gasteiger partial charge is 0.190 e. The molecule has 1 rings (SSSR count). The van der Waals surface area contributed by atoms with E-state index < -0.39 is 11.6 Å². The van der Waals surface area contributed by atoms with E-state index in [-0.39, 0.29) is 17.7 Å². The van der Waals surface area contributed by atoms with Gasteiger partial charge in [-0.25, -0.2) is 8.78 Å². The van der Waals surface area contributed by atoms with Gasteiger partial charge in [0.15, 0.2) is 17.4 Å². The Hall–Kier alpha value is -1.16. The van der Waals surface area contributed by atoms with Crippen molar-refractivity contribution in [1.29, 1.82) is 0 Å². The molecule has 0 spiro atoms. The number of nitrogens with two attached hydrogens (primary N) is 1. The van der Waals surface area contributed by atoms with Crippen LogP contribution in [0.3, 0.4) is 0 Å². The average molecular weight is 285 g/mol. The van der Waals surface area contributed by atoms with E-state index in [1.807, 2.05) is 13.8 Å². The Morgan fingerprint density at radius 2 is 1.80 bits per heavy atom.